The quantitative estimate of drug-likeness (QED) is 0.892. The molecule has 2 aromatic rings. The van der Waals surface area contributed by atoms with Gasteiger partial charge in [0.05, 0.1) is 17.3 Å². The summed E-state index contributed by atoms with van der Waals surface area (Å²) in [6, 6.07) is 9.02. The summed E-state index contributed by atoms with van der Waals surface area (Å²) < 4.78 is 5.55. The van der Waals surface area contributed by atoms with Crippen molar-refractivity contribution in [2.75, 3.05) is 13.2 Å². The molecule has 0 bridgehead atoms. The van der Waals surface area contributed by atoms with Gasteiger partial charge < -0.3 is 15.4 Å². The van der Waals surface area contributed by atoms with Gasteiger partial charge in [0.1, 0.15) is 5.75 Å². The highest BCUT2D eigenvalue weighted by atomic mass is 16.5. The zero-order valence-electron chi connectivity index (χ0n) is 14.0. The van der Waals surface area contributed by atoms with E-state index in [1.54, 1.807) is 11.8 Å². The number of ether oxygens (including phenoxy) is 1. The topological polar surface area (TPSA) is 98.4 Å². The third-order valence-corrected chi connectivity index (χ3v) is 4.24. The Labute approximate surface area is 145 Å². The van der Waals surface area contributed by atoms with E-state index in [1.807, 2.05) is 30.3 Å². The molecule has 1 aliphatic heterocycles. The summed E-state index contributed by atoms with van der Waals surface area (Å²) in [4.78, 5) is 34.2. The fraction of sp³-hybridized carbons (Fsp3) is 0.333. The highest BCUT2D eigenvalue weighted by Crippen LogP contribution is 2.30. The number of nitrogens with two attached hydrogens (primary N) is 1. The monoisotopic (exact) mass is 340 g/mol. The second-order valence-electron chi connectivity index (χ2n) is 5.94. The molecule has 7 nitrogen and oxygen atoms in total. The van der Waals surface area contributed by atoms with E-state index in [4.69, 9.17) is 10.5 Å². The van der Waals surface area contributed by atoms with Crippen LogP contribution in [0, 0.1) is 6.92 Å². The SMILES string of the molecule is Cc1nc(C2CCCN2C(=O)COc2ccccc2)ncc1C(N)=O. The molecule has 7 heteroatoms. The molecule has 1 fully saturated rings. The van der Waals surface area contributed by atoms with Crippen molar-refractivity contribution < 1.29 is 14.3 Å². The Bertz CT molecular complexity index is 779. The second-order valence-corrected chi connectivity index (χ2v) is 5.94. The van der Waals surface area contributed by atoms with Gasteiger partial charge in [-0.05, 0) is 31.9 Å². The molecular formula is C18H20N4O3. The number of aromatic nitrogens is 2. The van der Waals surface area contributed by atoms with Crippen molar-refractivity contribution in [3.63, 3.8) is 0 Å². The first-order valence-corrected chi connectivity index (χ1v) is 8.17. The first kappa shape index (κ1) is 16.9. The van der Waals surface area contributed by atoms with Gasteiger partial charge in [-0.1, -0.05) is 18.2 Å². The molecule has 0 aliphatic carbocycles. The van der Waals surface area contributed by atoms with Crippen molar-refractivity contribution in [2.45, 2.75) is 25.8 Å². The fourth-order valence-electron chi connectivity index (χ4n) is 2.97. The summed E-state index contributed by atoms with van der Waals surface area (Å²) >= 11 is 0. The lowest BCUT2D eigenvalue weighted by Crippen LogP contribution is -2.35. The molecule has 3 rings (SSSR count). The van der Waals surface area contributed by atoms with Gasteiger partial charge in [-0.15, -0.1) is 0 Å². The summed E-state index contributed by atoms with van der Waals surface area (Å²) in [6.07, 6.45) is 3.09. The van der Waals surface area contributed by atoms with Crippen molar-refractivity contribution >= 4 is 11.8 Å². The van der Waals surface area contributed by atoms with Gasteiger partial charge in [-0.3, -0.25) is 9.59 Å². The minimum Gasteiger partial charge on any atom is -0.484 e. The van der Waals surface area contributed by atoms with Crippen LogP contribution in [-0.2, 0) is 4.79 Å². The van der Waals surface area contributed by atoms with Crippen LogP contribution in [-0.4, -0.2) is 39.8 Å². The number of hydrogen-bond acceptors (Lipinski definition) is 5. The Morgan fingerprint density at radius 1 is 1.32 bits per heavy atom. The molecule has 1 aromatic carbocycles. The van der Waals surface area contributed by atoms with Gasteiger partial charge in [0.15, 0.2) is 12.4 Å². The average Bonchev–Trinajstić information content (AvgIpc) is 3.10. The van der Waals surface area contributed by atoms with E-state index in [-0.39, 0.29) is 18.6 Å². The number of carbonyl (C=O) groups excluding carboxylic acids is 2. The zero-order valence-corrected chi connectivity index (χ0v) is 14.0. The summed E-state index contributed by atoms with van der Waals surface area (Å²) in [5.74, 6) is 0.531. The van der Waals surface area contributed by atoms with Crippen LogP contribution in [0.2, 0.25) is 0 Å². The molecule has 25 heavy (non-hydrogen) atoms. The van der Waals surface area contributed by atoms with Gasteiger partial charge in [0.2, 0.25) is 0 Å². The number of amides is 2. The molecule has 0 saturated carbocycles. The molecule has 2 heterocycles. The van der Waals surface area contributed by atoms with Gasteiger partial charge in [0.25, 0.3) is 11.8 Å². The van der Waals surface area contributed by atoms with Crippen LogP contribution in [0.25, 0.3) is 0 Å². The highest BCUT2D eigenvalue weighted by molar-refractivity contribution is 5.93. The average molecular weight is 340 g/mol. The van der Waals surface area contributed by atoms with Crippen LogP contribution in [0.15, 0.2) is 36.5 Å². The van der Waals surface area contributed by atoms with Crippen molar-refractivity contribution in [2.24, 2.45) is 5.73 Å². The van der Waals surface area contributed by atoms with E-state index in [0.717, 1.165) is 12.8 Å². The minimum atomic E-state index is -0.556. The zero-order chi connectivity index (χ0) is 17.8. The molecule has 130 valence electrons. The van der Waals surface area contributed by atoms with Crippen molar-refractivity contribution in [3.8, 4) is 5.75 Å². The molecule has 1 aromatic heterocycles. The van der Waals surface area contributed by atoms with E-state index >= 15 is 0 Å². The van der Waals surface area contributed by atoms with Gasteiger partial charge >= 0.3 is 0 Å². The summed E-state index contributed by atoms with van der Waals surface area (Å²) in [6.45, 7) is 2.32. The normalized spacial score (nSPS) is 16.7. The Morgan fingerprint density at radius 3 is 2.76 bits per heavy atom. The smallest absolute Gasteiger partial charge is 0.261 e. The summed E-state index contributed by atoms with van der Waals surface area (Å²) in [5, 5.41) is 0. The van der Waals surface area contributed by atoms with Gasteiger partial charge in [-0.25, -0.2) is 9.97 Å². The van der Waals surface area contributed by atoms with Gasteiger partial charge in [0, 0.05) is 12.7 Å². The Hall–Kier alpha value is -2.96. The second kappa shape index (κ2) is 7.29. The van der Waals surface area contributed by atoms with Crippen LogP contribution >= 0.6 is 0 Å². The third-order valence-electron chi connectivity index (χ3n) is 4.24. The number of primary amides is 1. The summed E-state index contributed by atoms with van der Waals surface area (Å²) in [7, 11) is 0. The predicted octanol–water partition coefficient (Wildman–Crippen LogP) is 1.63. The maximum absolute atomic E-state index is 12.5. The lowest BCUT2D eigenvalue weighted by molar-refractivity contribution is -0.134. The highest BCUT2D eigenvalue weighted by Gasteiger charge is 2.32. The molecule has 0 spiro atoms. The molecule has 1 saturated heterocycles. The van der Waals surface area contributed by atoms with Crippen LogP contribution in [0.5, 0.6) is 5.75 Å². The molecule has 2 amide bonds. The maximum Gasteiger partial charge on any atom is 0.261 e. The number of likely N-dealkylation sites (tertiary alicyclic amines) is 1. The Balaban J connectivity index is 1.70. The minimum absolute atomic E-state index is 0.0289. The van der Waals surface area contributed by atoms with Crippen LogP contribution < -0.4 is 10.5 Å². The summed E-state index contributed by atoms with van der Waals surface area (Å²) in [5.41, 5.74) is 6.11. The Kier molecular flexibility index (Phi) is 4.92. The van der Waals surface area contributed by atoms with E-state index in [2.05, 4.69) is 9.97 Å². The number of para-hydroxylation sites is 1. The molecule has 2 N–H and O–H groups in total. The molecule has 1 aliphatic rings. The predicted molar refractivity (Wildman–Crippen MR) is 90.9 cm³/mol. The van der Waals surface area contributed by atoms with Crippen molar-refractivity contribution in [1.82, 2.24) is 14.9 Å². The Morgan fingerprint density at radius 2 is 2.08 bits per heavy atom. The number of carbonyl (C=O) groups is 2. The molecular weight excluding hydrogens is 320 g/mol. The molecule has 0 radical (unpaired) electrons. The lowest BCUT2D eigenvalue weighted by atomic mass is 10.1. The first-order chi connectivity index (χ1) is 12.1. The van der Waals surface area contributed by atoms with Crippen LogP contribution in [0.1, 0.15) is 40.8 Å². The van der Waals surface area contributed by atoms with E-state index in [1.165, 1.54) is 6.20 Å². The van der Waals surface area contributed by atoms with E-state index in [9.17, 15) is 9.59 Å². The van der Waals surface area contributed by atoms with Crippen molar-refractivity contribution in [3.05, 3.63) is 53.6 Å². The molecule has 1 unspecified atom stereocenters. The first-order valence-electron chi connectivity index (χ1n) is 8.17. The fourth-order valence-corrected chi connectivity index (χ4v) is 2.97. The number of aryl methyl sites for hydroxylation is 1. The largest absolute Gasteiger partial charge is 0.484 e. The van der Waals surface area contributed by atoms with Crippen molar-refractivity contribution in [1.29, 1.82) is 0 Å². The maximum atomic E-state index is 12.5. The lowest BCUT2D eigenvalue weighted by Gasteiger charge is -2.24. The van der Waals surface area contributed by atoms with E-state index in [0.29, 0.717) is 29.4 Å². The third kappa shape index (κ3) is 3.76. The van der Waals surface area contributed by atoms with Crippen LogP contribution in [0.4, 0.5) is 0 Å². The number of rotatable bonds is 5. The number of hydrogen-bond donors (Lipinski definition) is 1. The van der Waals surface area contributed by atoms with E-state index < -0.39 is 5.91 Å². The van der Waals surface area contributed by atoms with Gasteiger partial charge in [-0.2, -0.15) is 0 Å². The number of benzene rings is 1. The standard InChI is InChI=1S/C18H20N4O3/c1-12-14(17(19)24)10-20-18(21-12)15-8-5-9-22(15)16(23)11-25-13-6-3-2-4-7-13/h2-4,6-7,10,15H,5,8-9,11H2,1H3,(H2,19,24). The van der Waals surface area contributed by atoms with Crippen LogP contribution in [0.3, 0.4) is 0 Å². The number of nitrogens with zero attached hydrogens (tertiary/aromatic N) is 3. The molecule has 1 atom stereocenters.